The van der Waals surface area contributed by atoms with Gasteiger partial charge in [0.05, 0.1) is 6.10 Å². The van der Waals surface area contributed by atoms with Crippen LogP contribution >= 0.6 is 0 Å². The first kappa shape index (κ1) is 7.03. The molecule has 0 aliphatic carbocycles. The van der Waals surface area contributed by atoms with Gasteiger partial charge in [-0.2, -0.15) is 5.06 Å². The molecular formula is C7H15NO. The zero-order valence-corrected chi connectivity index (χ0v) is 6.42. The molecule has 0 saturated carbocycles. The Balaban J connectivity index is 2.38. The van der Waals surface area contributed by atoms with Crippen LogP contribution in [0.25, 0.3) is 0 Å². The molecule has 2 atom stereocenters. The fraction of sp³-hybridized carbons (Fsp3) is 1.00. The van der Waals surface area contributed by atoms with Crippen LogP contribution in [0.1, 0.15) is 20.3 Å². The van der Waals surface area contributed by atoms with E-state index in [1.807, 2.05) is 12.1 Å². The van der Waals surface area contributed by atoms with E-state index in [0.29, 0.717) is 12.0 Å². The van der Waals surface area contributed by atoms with E-state index in [2.05, 4.69) is 13.8 Å². The molecule has 0 aromatic heterocycles. The smallest absolute Gasteiger partial charge is 0.0829 e. The molecule has 1 aliphatic heterocycles. The minimum absolute atomic E-state index is 0.468. The Kier molecular flexibility index (Phi) is 2.09. The first-order valence-corrected chi connectivity index (χ1v) is 3.62. The van der Waals surface area contributed by atoms with Crippen molar-refractivity contribution in [2.45, 2.75) is 26.4 Å². The van der Waals surface area contributed by atoms with Crippen LogP contribution in [0.4, 0.5) is 0 Å². The molecule has 2 heteroatoms. The molecule has 9 heavy (non-hydrogen) atoms. The standard InChI is InChI=1S/C7H15NO/c1-4-7-6(2)5-8(3)9-7/h6-7H,4-5H2,1-3H3/t6-,7+/m1/s1. The van der Waals surface area contributed by atoms with Crippen molar-refractivity contribution in [3.05, 3.63) is 0 Å². The lowest BCUT2D eigenvalue weighted by molar-refractivity contribution is -0.128. The summed E-state index contributed by atoms with van der Waals surface area (Å²) in [6.07, 6.45) is 1.60. The molecule has 1 fully saturated rings. The Morgan fingerprint density at radius 2 is 2.33 bits per heavy atom. The minimum Gasteiger partial charge on any atom is -0.296 e. The SMILES string of the molecule is CC[C@@H]1ON(C)C[C@H]1C. The number of hydrogen-bond acceptors (Lipinski definition) is 2. The highest BCUT2D eigenvalue weighted by atomic mass is 16.7. The van der Waals surface area contributed by atoms with Crippen LogP contribution in [0.5, 0.6) is 0 Å². The summed E-state index contributed by atoms with van der Waals surface area (Å²) in [6.45, 7) is 5.48. The maximum Gasteiger partial charge on any atom is 0.0829 e. The van der Waals surface area contributed by atoms with Crippen LogP contribution in [0.3, 0.4) is 0 Å². The fourth-order valence-electron chi connectivity index (χ4n) is 1.38. The Morgan fingerprint density at radius 3 is 2.56 bits per heavy atom. The van der Waals surface area contributed by atoms with E-state index >= 15 is 0 Å². The molecule has 0 spiro atoms. The molecule has 1 saturated heterocycles. The molecule has 0 radical (unpaired) electrons. The zero-order chi connectivity index (χ0) is 6.85. The maximum atomic E-state index is 5.46. The molecule has 2 nitrogen and oxygen atoms in total. The Hall–Kier alpha value is -0.0800. The van der Waals surface area contributed by atoms with Crippen LogP contribution in [-0.4, -0.2) is 24.8 Å². The van der Waals surface area contributed by atoms with Gasteiger partial charge >= 0.3 is 0 Å². The van der Waals surface area contributed by atoms with Crippen LogP contribution in [-0.2, 0) is 4.84 Å². The molecule has 0 amide bonds. The quantitative estimate of drug-likeness (QED) is 0.528. The van der Waals surface area contributed by atoms with Gasteiger partial charge in [-0.3, -0.25) is 4.84 Å². The molecule has 0 unspecified atom stereocenters. The lowest BCUT2D eigenvalue weighted by atomic mass is 10.0. The van der Waals surface area contributed by atoms with Gasteiger partial charge in [0.2, 0.25) is 0 Å². The van der Waals surface area contributed by atoms with Crippen LogP contribution < -0.4 is 0 Å². The number of rotatable bonds is 1. The fourth-order valence-corrected chi connectivity index (χ4v) is 1.38. The molecule has 0 N–H and O–H groups in total. The molecule has 1 aliphatic rings. The third-order valence-corrected chi connectivity index (χ3v) is 1.90. The first-order chi connectivity index (χ1) is 4.24. The highest BCUT2D eigenvalue weighted by Crippen LogP contribution is 2.20. The summed E-state index contributed by atoms with van der Waals surface area (Å²) in [4.78, 5) is 5.46. The van der Waals surface area contributed by atoms with Gasteiger partial charge < -0.3 is 0 Å². The molecule has 0 aromatic carbocycles. The van der Waals surface area contributed by atoms with E-state index in [9.17, 15) is 0 Å². The van der Waals surface area contributed by atoms with E-state index in [1.165, 1.54) is 0 Å². The van der Waals surface area contributed by atoms with Gasteiger partial charge in [0.25, 0.3) is 0 Å². The summed E-state index contributed by atoms with van der Waals surface area (Å²) >= 11 is 0. The molecule has 1 rings (SSSR count). The first-order valence-electron chi connectivity index (χ1n) is 3.62. The molecule has 0 aromatic rings. The number of nitrogens with zero attached hydrogens (tertiary/aromatic N) is 1. The summed E-state index contributed by atoms with van der Waals surface area (Å²) < 4.78 is 0. The van der Waals surface area contributed by atoms with Gasteiger partial charge in [0.1, 0.15) is 0 Å². The minimum atomic E-state index is 0.468. The van der Waals surface area contributed by atoms with E-state index in [0.717, 1.165) is 13.0 Å². The van der Waals surface area contributed by atoms with Crippen molar-refractivity contribution in [2.75, 3.05) is 13.6 Å². The summed E-state index contributed by atoms with van der Waals surface area (Å²) in [5.41, 5.74) is 0. The lowest BCUT2D eigenvalue weighted by Crippen LogP contribution is -2.13. The van der Waals surface area contributed by atoms with E-state index in [1.54, 1.807) is 0 Å². The van der Waals surface area contributed by atoms with Crippen molar-refractivity contribution in [1.29, 1.82) is 0 Å². The van der Waals surface area contributed by atoms with Gasteiger partial charge in [0, 0.05) is 13.6 Å². The van der Waals surface area contributed by atoms with Crippen molar-refractivity contribution < 1.29 is 4.84 Å². The lowest BCUT2D eigenvalue weighted by Gasteiger charge is -2.09. The summed E-state index contributed by atoms with van der Waals surface area (Å²) in [5, 5.41) is 1.93. The maximum absolute atomic E-state index is 5.46. The molecule has 1 heterocycles. The third kappa shape index (κ3) is 1.43. The number of hydrogen-bond donors (Lipinski definition) is 0. The highest BCUT2D eigenvalue weighted by molar-refractivity contribution is 4.70. The van der Waals surface area contributed by atoms with Gasteiger partial charge in [-0.05, 0) is 12.3 Å². The molecule has 54 valence electrons. The predicted octanol–water partition coefficient (Wildman–Crippen LogP) is 1.28. The topological polar surface area (TPSA) is 12.5 Å². The largest absolute Gasteiger partial charge is 0.296 e. The van der Waals surface area contributed by atoms with Crippen molar-refractivity contribution >= 4 is 0 Å². The summed E-state index contributed by atoms with van der Waals surface area (Å²) in [6, 6.07) is 0. The van der Waals surface area contributed by atoms with Crippen molar-refractivity contribution in [3.8, 4) is 0 Å². The van der Waals surface area contributed by atoms with Crippen LogP contribution in [0.2, 0.25) is 0 Å². The van der Waals surface area contributed by atoms with Crippen molar-refractivity contribution in [2.24, 2.45) is 5.92 Å². The van der Waals surface area contributed by atoms with Gasteiger partial charge in [0.15, 0.2) is 0 Å². The second-order valence-electron chi connectivity index (χ2n) is 2.84. The average Bonchev–Trinajstić information content (AvgIpc) is 2.10. The molecule has 0 bridgehead atoms. The third-order valence-electron chi connectivity index (χ3n) is 1.90. The van der Waals surface area contributed by atoms with Gasteiger partial charge in [-0.1, -0.05) is 13.8 Å². The van der Waals surface area contributed by atoms with Crippen molar-refractivity contribution in [1.82, 2.24) is 5.06 Å². The van der Waals surface area contributed by atoms with E-state index < -0.39 is 0 Å². The molecular weight excluding hydrogens is 114 g/mol. The van der Waals surface area contributed by atoms with Gasteiger partial charge in [-0.15, -0.1) is 0 Å². The monoisotopic (exact) mass is 129 g/mol. The van der Waals surface area contributed by atoms with Crippen LogP contribution in [0.15, 0.2) is 0 Å². The Morgan fingerprint density at radius 1 is 1.67 bits per heavy atom. The predicted molar refractivity (Wildman–Crippen MR) is 37.0 cm³/mol. The van der Waals surface area contributed by atoms with Crippen LogP contribution in [0, 0.1) is 5.92 Å². The Bertz CT molecular complexity index is 94.9. The van der Waals surface area contributed by atoms with E-state index in [-0.39, 0.29) is 0 Å². The zero-order valence-electron chi connectivity index (χ0n) is 6.42. The second-order valence-corrected chi connectivity index (χ2v) is 2.84. The average molecular weight is 129 g/mol. The summed E-state index contributed by atoms with van der Waals surface area (Å²) in [5.74, 6) is 0.708. The van der Waals surface area contributed by atoms with Crippen molar-refractivity contribution in [3.63, 3.8) is 0 Å². The van der Waals surface area contributed by atoms with Gasteiger partial charge in [-0.25, -0.2) is 0 Å². The second kappa shape index (κ2) is 2.67. The Labute approximate surface area is 56.8 Å². The highest BCUT2D eigenvalue weighted by Gasteiger charge is 2.26. The summed E-state index contributed by atoms with van der Waals surface area (Å²) in [7, 11) is 1.99. The normalized spacial score (nSPS) is 37.7. The number of hydroxylamine groups is 2. The van der Waals surface area contributed by atoms with E-state index in [4.69, 9.17) is 4.84 Å².